The van der Waals surface area contributed by atoms with Gasteiger partial charge in [-0.3, -0.25) is 14.0 Å². The highest BCUT2D eigenvalue weighted by Crippen LogP contribution is 2.33. The number of nitrogens with zero attached hydrogens (tertiary/aromatic N) is 5. The van der Waals surface area contributed by atoms with Gasteiger partial charge >= 0.3 is 0 Å². The SMILES string of the molecule is CN1CC2CCC(C1)N2C(=O)c1cnc2[nH]cc(-c3ccc4ncc(C(=O)NCC(F)F)n4c3)c2c1. The number of piperazine rings is 1. The van der Waals surface area contributed by atoms with Crippen LogP contribution in [0.25, 0.3) is 27.8 Å². The molecular weight excluding hydrogens is 468 g/mol. The third-order valence-corrected chi connectivity index (χ3v) is 7.14. The first-order chi connectivity index (χ1) is 17.4. The van der Waals surface area contributed by atoms with Crippen LogP contribution in [0, 0.1) is 0 Å². The van der Waals surface area contributed by atoms with Crippen molar-refractivity contribution in [2.75, 3.05) is 26.7 Å². The minimum Gasteiger partial charge on any atom is -0.346 e. The van der Waals surface area contributed by atoms with Gasteiger partial charge in [0.1, 0.15) is 17.0 Å². The summed E-state index contributed by atoms with van der Waals surface area (Å²) in [6.45, 7) is 1.03. The molecule has 2 fully saturated rings. The molecule has 6 heterocycles. The maximum absolute atomic E-state index is 13.5. The fraction of sp³-hybridized carbons (Fsp3) is 0.360. The standard InChI is InChI=1S/C25H25F2N7O2/c1-32-12-16-3-4-17(13-32)34(16)25(36)15-6-18-19(8-30-23(18)29-7-15)14-2-5-22-28-9-20(33(22)11-14)24(35)31-10-21(26)27/h2,5-9,11,16-17,21H,3-4,10,12-13H2,1H3,(H,29,30)(H,31,35). The Hall–Kier alpha value is -3.86. The molecule has 11 heteroatoms. The summed E-state index contributed by atoms with van der Waals surface area (Å²) in [6, 6.07) is 5.92. The predicted octanol–water partition coefficient (Wildman–Crippen LogP) is 2.79. The number of imidazole rings is 1. The Labute approximate surface area is 205 Å². The average molecular weight is 494 g/mol. The molecule has 2 atom stereocenters. The van der Waals surface area contributed by atoms with E-state index >= 15 is 0 Å². The number of carbonyl (C=O) groups is 2. The number of hydrogen-bond donors (Lipinski definition) is 2. The fourth-order valence-electron chi connectivity index (χ4n) is 5.52. The number of pyridine rings is 2. The summed E-state index contributed by atoms with van der Waals surface area (Å²) in [5.74, 6) is -0.629. The smallest absolute Gasteiger partial charge is 0.270 e. The molecule has 2 aliphatic heterocycles. The van der Waals surface area contributed by atoms with Gasteiger partial charge < -0.3 is 20.1 Å². The normalized spacial score (nSPS) is 20.1. The molecule has 0 aliphatic carbocycles. The topological polar surface area (TPSA) is 98.6 Å². The van der Waals surface area contributed by atoms with Crippen LogP contribution in [0.1, 0.15) is 33.7 Å². The number of halogens is 2. The van der Waals surface area contributed by atoms with Gasteiger partial charge in [0.25, 0.3) is 18.2 Å². The maximum Gasteiger partial charge on any atom is 0.270 e. The zero-order chi connectivity index (χ0) is 25.0. The number of carbonyl (C=O) groups excluding carboxylic acids is 2. The molecule has 2 N–H and O–H groups in total. The van der Waals surface area contributed by atoms with E-state index in [2.05, 4.69) is 32.2 Å². The zero-order valence-corrected chi connectivity index (χ0v) is 19.6. The summed E-state index contributed by atoms with van der Waals surface area (Å²) in [5, 5.41) is 3.00. The monoisotopic (exact) mass is 493 g/mol. The summed E-state index contributed by atoms with van der Waals surface area (Å²) in [5.41, 5.74) is 3.43. The Kier molecular flexibility index (Phi) is 5.44. The molecule has 0 spiro atoms. The molecule has 6 rings (SSSR count). The Bertz CT molecular complexity index is 1470. The van der Waals surface area contributed by atoms with Crippen molar-refractivity contribution in [2.45, 2.75) is 31.4 Å². The number of hydrogen-bond acceptors (Lipinski definition) is 5. The largest absolute Gasteiger partial charge is 0.346 e. The lowest BCUT2D eigenvalue weighted by atomic mass is 10.1. The minimum absolute atomic E-state index is 0.000184. The predicted molar refractivity (Wildman–Crippen MR) is 129 cm³/mol. The number of H-pyrrole nitrogens is 1. The van der Waals surface area contributed by atoms with Gasteiger partial charge in [-0.15, -0.1) is 0 Å². The number of fused-ring (bicyclic) bond motifs is 4. The van der Waals surface area contributed by atoms with Crippen molar-refractivity contribution in [1.82, 2.24) is 34.5 Å². The number of rotatable bonds is 5. The van der Waals surface area contributed by atoms with Gasteiger partial charge in [-0.05, 0) is 38.1 Å². The van der Waals surface area contributed by atoms with Crippen molar-refractivity contribution in [3.05, 3.63) is 54.2 Å². The van der Waals surface area contributed by atoms with E-state index in [1.807, 2.05) is 17.0 Å². The Balaban J connectivity index is 1.34. The van der Waals surface area contributed by atoms with Crippen molar-refractivity contribution < 1.29 is 18.4 Å². The molecule has 2 amide bonds. The minimum atomic E-state index is -2.64. The number of alkyl halides is 2. The second-order valence-electron chi connectivity index (χ2n) is 9.53. The lowest BCUT2D eigenvalue weighted by molar-refractivity contribution is 0.0472. The zero-order valence-electron chi connectivity index (χ0n) is 19.6. The van der Waals surface area contributed by atoms with Crippen molar-refractivity contribution in [2.24, 2.45) is 0 Å². The first kappa shape index (κ1) is 22.6. The van der Waals surface area contributed by atoms with Crippen LogP contribution >= 0.6 is 0 Å². The maximum atomic E-state index is 13.5. The average Bonchev–Trinajstić information content (AvgIpc) is 3.55. The summed E-state index contributed by atoms with van der Waals surface area (Å²) >= 11 is 0. The number of nitrogens with one attached hydrogen (secondary N) is 2. The molecule has 36 heavy (non-hydrogen) atoms. The molecular formula is C25H25F2N7O2. The number of aromatic nitrogens is 4. The molecule has 0 radical (unpaired) electrons. The highest BCUT2D eigenvalue weighted by atomic mass is 19.3. The van der Waals surface area contributed by atoms with Crippen molar-refractivity contribution >= 4 is 28.5 Å². The first-order valence-corrected chi connectivity index (χ1v) is 11.9. The van der Waals surface area contributed by atoms with E-state index < -0.39 is 18.9 Å². The number of aromatic amines is 1. The van der Waals surface area contributed by atoms with E-state index in [0.717, 1.165) is 42.4 Å². The molecule has 2 unspecified atom stereocenters. The van der Waals surface area contributed by atoms with Crippen LogP contribution in [-0.4, -0.2) is 86.2 Å². The molecule has 9 nitrogen and oxygen atoms in total. The Morgan fingerprint density at radius 2 is 1.94 bits per heavy atom. The Morgan fingerprint density at radius 3 is 2.69 bits per heavy atom. The van der Waals surface area contributed by atoms with Crippen LogP contribution in [0.5, 0.6) is 0 Å². The van der Waals surface area contributed by atoms with Crippen molar-refractivity contribution in [1.29, 1.82) is 0 Å². The Morgan fingerprint density at radius 1 is 1.17 bits per heavy atom. The van der Waals surface area contributed by atoms with Gasteiger partial charge in [0, 0.05) is 60.3 Å². The number of likely N-dealkylation sites (N-methyl/N-ethyl adjacent to an activating group) is 1. The highest BCUT2D eigenvalue weighted by molar-refractivity contribution is 6.01. The van der Waals surface area contributed by atoms with Crippen LogP contribution < -0.4 is 5.32 Å². The molecule has 2 aliphatic rings. The van der Waals surface area contributed by atoms with Gasteiger partial charge in [0.2, 0.25) is 0 Å². The van der Waals surface area contributed by atoms with E-state index in [4.69, 9.17) is 0 Å². The molecule has 2 bridgehead atoms. The van der Waals surface area contributed by atoms with Gasteiger partial charge in [0.15, 0.2) is 0 Å². The van der Waals surface area contributed by atoms with Gasteiger partial charge in [-0.25, -0.2) is 18.7 Å². The molecule has 0 aromatic carbocycles. The molecule has 4 aromatic heterocycles. The van der Waals surface area contributed by atoms with E-state index in [9.17, 15) is 18.4 Å². The van der Waals surface area contributed by atoms with Gasteiger partial charge in [0.05, 0.1) is 18.3 Å². The molecule has 2 saturated heterocycles. The summed E-state index contributed by atoms with van der Waals surface area (Å²) in [6.07, 6.45) is 5.91. The first-order valence-electron chi connectivity index (χ1n) is 11.9. The van der Waals surface area contributed by atoms with Crippen molar-refractivity contribution in [3.8, 4) is 11.1 Å². The summed E-state index contributed by atoms with van der Waals surface area (Å²) in [4.78, 5) is 42.1. The lowest BCUT2D eigenvalue weighted by Crippen LogP contribution is -2.54. The summed E-state index contributed by atoms with van der Waals surface area (Å²) < 4.78 is 26.7. The highest BCUT2D eigenvalue weighted by Gasteiger charge is 2.41. The summed E-state index contributed by atoms with van der Waals surface area (Å²) in [7, 11) is 2.10. The molecule has 4 aromatic rings. The second kappa shape index (κ2) is 8.66. The lowest BCUT2D eigenvalue weighted by Gasteiger charge is -2.39. The van der Waals surface area contributed by atoms with E-state index in [-0.39, 0.29) is 23.7 Å². The second-order valence-corrected chi connectivity index (χ2v) is 9.53. The molecule has 0 saturated carbocycles. The quantitative estimate of drug-likeness (QED) is 0.446. The van der Waals surface area contributed by atoms with E-state index in [1.54, 1.807) is 29.1 Å². The van der Waals surface area contributed by atoms with Gasteiger partial charge in [-0.1, -0.05) is 0 Å². The van der Waals surface area contributed by atoms with Gasteiger partial charge in [-0.2, -0.15) is 0 Å². The third-order valence-electron chi connectivity index (χ3n) is 7.14. The van der Waals surface area contributed by atoms with Crippen molar-refractivity contribution in [3.63, 3.8) is 0 Å². The number of amides is 2. The fourth-order valence-corrected chi connectivity index (χ4v) is 5.52. The third kappa shape index (κ3) is 3.79. The molecule has 186 valence electrons. The van der Waals surface area contributed by atoms with Crippen LogP contribution in [0.3, 0.4) is 0 Å². The van der Waals surface area contributed by atoms with Crippen LogP contribution in [-0.2, 0) is 0 Å². The van der Waals surface area contributed by atoms with Crippen LogP contribution in [0.4, 0.5) is 8.78 Å². The van der Waals surface area contributed by atoms with E-state index in [1.165, 1.54) is 6.20 Å². The number of likely N-dealkylation sites (tertiary alicyclic amines) is 1. The van der Waals surface area contributed by atoms with E-state index in [0.29, 0.717) is 16.9 Å². The van der Waals surface area contributed by atoms with Crippen LogP contribution in [0.15, 0.2) is 43.0 Å². The van der Waals surface area contributed by atoms with Crippen LogP contribution in [0.2, 0.25) is 0 Å².